The average molecular weight is 296 g/mol. The van der Waals surface area contributed by atoms with Crippen molar-refractivity contribution < 1.29 is 0 Å². The number of hydrogen-bond acceptors (Lipinski definition) is 1. The Morgan fingerprint density at radius 3 is 2.76 bits per heavy atom. The molecule has 0 amide bonds. The van der Waals surface area contributed by atoms with Crippen molar-refractivity contribution in [2.24, 2.45) is 5.92 Å². The van der Waals surface area contributed by atoms with Crippen LogP contribution in [-0.4, -0.2) is 6.04 Å². The second-order valence-corrected chi connectivity index (χ2v) is 6.23. The molecule has 0 aliphatic heterocycles. The van der Waals surface area contributed by atoms with Gasteiger partial charge in [0.05, 0.1) is 0 Å². The van der Waals surface area contributed by atoms with Gasteiger partial charge in [0.15, 0.2) is 0 Å². The molecule has 17 heavy (non-hydrogen) atoms. The van der Waals surface area contributed by atoms with Crippen LogP contribution in [0.15, 0.2) is 28.7 Å². The van der Waals surface area contributed by atoms with Gasteiger partial charge in [-0.1, -0.05) is 53.9 Å². The highest BCUT2D eigenvalue weighted by Gasteiger charge is 2.21. The van der Waals surface area contributed by atoms with Crippen molar-refractivity contribution in [1.82, 2.24) is 5.32 Å². The summed E-state index contributed by atoms with van der Waals surface area (Å²) in [6.45, 7) is 4.64. The molecule has 1 aliphatic rings. The van der Waals surface area contributed by atoms with Gasteiger partial charge < -0.3 is 5.32 Å². The topological polar surface area (TPSA) is 12.0 Å². The Labute approximate surface area is 113 Å². The first-order valence-corrected chi connectivity index (χ1v) is 7.46. The summed E-state index contributed by atoms with van der Waals surface area (Å²) in [5.41, 5.74) is 1.37. The van der Waals surface area contributed by atoms with E-state index in [1.165, 1.54) is 35.7 Å². The maximum absolute atomic E-state index is 3.78. The molecule has 0 heterocycles. The SMILES string of the molecule is CC1CCCC(NC(C)c2ccccc2Br)C1. The summed E-state index contributed by atoms with van der Waals surface area (Å²) in [5.74, 6) is 0.882. The highest BCUT2D eigenvalue weighted by molar-refractivity contribution is 9.10. The highest BCUT2D eigenvalue weighted by atomic mass is 79.9. The van der Waals surface area contributed by atoms with Crippen LogP contribution in [0, 0.1) is 5.92 Å². The molecule has 0 radical (unpaired) electrons. The van der Waals surface area contributed by atoms with Gasteiger partial charge in [-0.3, -0.25) is 0 Å². The molecule has 1 aromatic rings. The molecule has 1 nitrogen and oxygen atoms in total. The van der Waals surface area contributed by atoms with E-state index in [1.54, 1.807) is 0 Å². The Morgan fingerprint density at radius 1 is 1.29 bits per heavy atom. The maximum atomic E-state index is 3.78. The summed E-state index contributed by atoms with van der Waals surface area (Å²) in [6, 6.07) is 9.64. The third kappa shape index (κ3) is 3.56. The first-order valence-electron chi connectivity index (χ1n) is 6.67. The van der Waals surface area contributed by atoms with Crippen LogP contribution >= 0.6 is 15.9 Å². The molecule has 2 rings (SSSR count). The fraction of sp³-hybridized carbons (Fsp3) is 0.600. The van der Waals surface area contributed by atoms with Gasteiger partial charge in [-0.25, -0.2) is 0 Å². The molecule has 1 fully saturated rings. The van der Waals surface area contributed by atoms with E-state index in [9.17, 15) is 0 Å². The van der Waals surface area contributed by atoms with Crippen LogP contribution < -0.4 is 5.32 Å². The van der Waals surface area contributed by atoms with Gasteiger partial charge in [0.2, 0.25) is 0 Å². The molecule has 0 spiro atoms. The standard InChI is InChI=1S/C15H22BrN/c1-11-6-5-7-13(10-11)17-12(2)14-8-3-4-9-15(14)16/h3-4,8-9,11-13,17H,5-7,10H2,1-2H3. The number of rotatable bonds is 3. The summed E-state index contributed by atoms with van der Waals surface area (Å²) in [4.78, 5) is 0. The summed E-state index contributed by atoms with van der Waals surface area (Å²) < 4.78 is 1.21. The minimum atomic E-state index is 0.431. The Balaban J connectivity index is 1.97. The quantitative estimate of drug-likeness (QED) is 0.854. The molecule has 1 aromatic carbocycles. The predicted octanol–water partition coefficient (Wildman–Crippen LogP) is 4.68. The lowest BCUT2D eigenvalue weighted by Gasteiger charge is -2.30. The van der Waals surface area contributed by atoms with Gasteiger partial charge in [0.25, 0.3) is 0 Å². The smallest absolute Gasteiger partial charge is 0.0305 e. The van der Waals surface area contributed by atoms with Crippen molar-refractivity contribution in [3.8, 4) is 0 Å². The summed E-state index contributed by atoms with van der Waals surface area (Å²) in [7, 11) is 0. The van der Waals surface area contributed by atoms with Gasteiger partial charge in [0.1, 0.15) is 0 Å². The van der Waals surface area contributed by atoms with Crippen LogP contribution in [0.3, 0.4) is 0 Å². The summed E-state index contributed by atoms with van der Waals surface area (Å²) in [6.07, 6.45) is 5.44. The summed E-state index contributed by atoms with van der Waals surface area (Å²) >= 11 is 3.63. The van der Waals surface area contributed by atoms with E-state index in [-0.39, 0.29) is 0 Å². The van der Waals surface area contributed by atoms with E-state index in [2.05, 4.69) is 59.4 Å². The van der Waals surface area contributed by atoms with Crippen molar-refractivity contribution in [3.05, 3.63) is 34.3 Å². The maximum Gasteiger partial charge on any atom is 0.0305 e. The van der Waals surface area contributed by atoms with Crippen LogP contribution in [0.4, 0.5) is 0 Å². The third-order valence-electron chi connectivity index (χ3n) is 3.79. The zero-order valence-electron chi connectivity index (χ0n) is 10.7. The third-order valence-corrected chi connectivity index (χ3v) is 4.52. The molecule has 0 aromatic heterocycles. The fourth-order valence-corrected chi connectivity index (χ4v) is 3.48. The zero-order chi connectivity index (χ0) is 12.3. The van der Waals surface area contributed by atoms with E-state index in [0.717, 1.165) is 5.92 Å². The Bertz CT molecular complexity index is 364. The lowest BCUT2D eigenvalue weighted by Crippen LogP contribution is -2.35. The molecule has 1 aliphatic carbocycles. The van der Waals surface area contributed by atoms with Crippen LogP contribution in [0.2, 0.25) is 0 Å². The number of benzene rings is 1. The van der Waals surface area contributed by atoms with Crippen LogP contribution in [0.25, 0.3) is 0 Å². The van der Waals surface area contributed by atoms with Crippen LogP contribution in [0.5, 0.6) is 0 Å². The molecule has 1 saturated carbocycles. The minimum Gasteiger partial charge on any atom is -0.307 e. The first-order chi connectivity index (χ1) is 8.16. The average Bonchev–Trinajstić information content (AvgIpc) is 2.29. The van der Waals surface area contributed by atoms with Gasteiger partial charge in [-0.15, -0.1) is 0 Å². The first kappa shape index (κ1) is 13.1. The normalized spacial score (nSPS) is 26.8. The lowest BCUT2D eigenvalue weighted by atomic mass is 9.86. The lowest BCUT2D eigenvalue weighted by molar-refractivity contribution is 0.285. The summed E-state index contributed by atoms with van der Waals surface area (Å²) in [5, 5.41) is 3.78. The molecular weight excluding hydrogens is 274 g/mol. The second-order valence-electron chi connectivity index (χ2n) is 5.38. The van der Waals surface area contributed by atoms with Gasteiger partial charge in [-0.2, -0.15) is 0 Å². The van der Waals surface area contributed by atoms with Gasteiger partial charge >= 0.3 is 0 Å². The van der Waals surface area contributed by atoms with Crippen molar-refractivity contribution in [1.29, 1.82) is 0 Å². The predicted molar refractivity (Wildman–Crippen MR) is 77.1 cm³/mol. The molecule has 0 bridgehead atoms. The molecule has 2 heteroatoms. The minimum absolute atomic E-state index is 0.431. The molecule has 1 N–H and O–H groups in total. The van der Waals surface area contributed by atoms with E-state index < -0.39 is 0 Å². The van der Waals surface area contributed by atoms with Crippen molar-refractivity contribution >= 4 is 15.9 Å². The molecule has 3 unspecified atom stereocenters. The van der Waals surface area contributed by atoms with Crippen LogP contribution in [0.1, 0.15) is 51.1 Å². The van der Waals surface area contributed by atoms with Crippen LogP contribution in [-0.2, 0) is 0 Å². The Morgan fingerprint density at radius 2 is 2.06 bits per heavy atom. The van der Waals surface area contributed by atoms with Crippen molar-refractivity contribution in [3.63, 3.8) is 0 Å². The van der Waals surface area contributed by atoms with Gasteiger partial charge in [-0.05, 0) is 37.3 Å². The van der Waals surface area contributed by atoms with E-state index in [4.69, 9.17) is 0 Å². The number of hydrogen-bond donors (Lipinski definition) is 1. The molecule has 94 valence electrons. The van der Waals surface area contributed by atoms with Gasteiger partial charge in [0, 0.05) is 16.6 Å². The largest absolute Gasteiger partial charge is 0.307 e. The van der Waals surface area contributed by atoms with E-state index >= 15 is 0 Å². The monoisotopic (exact) mass is 295 g/mol. The molecular formula is C15H22BrN. The zero-order valence-corrected chi connectivity index (χ0v) is 12.3. The number of nitrogens with one attached hydrogen (secondary N) is 1. The Hall–Kier alpha value is -0.340. The molecule has 3 atom stereocenters. The Kier molecular flexibility index (Phi) is 4.63. The highest BCUT2D eigenvalue weighted by Crippen LogP contribution is 2.28. The van der Waals surface area contributed by atoms with Crippen molar-refractivity contribution in [2.45, 2.75) is 51.6 Å². The second kappa shape index (κ2) is 6.01. The number of halogens is 1. The molecule has 0 saturated heterocycles. The van der Waals surface area contributed by atoms with E-state index in [1.807, 2.05) is 0 Å². The fourth-order valence-electron chi connectivity index (χ4n) is 2.86. The van der Waals surface area contributed by atoms with Crippen molar-refractivity contribution in [2.75, 3.05) is 0 Å². The van der Waals surface area contributed by atoms with E-state index in [0.29, 0.717) is 12.1 Å².